The van der Waals surface area contributed by atoms with Gasteiger partial charge < -0.3 is 29.9 Å². The molecule has 1 fully saturated rings. The lowest BCUT2D eigenvalue weighted by atomic mass is 10.1. The number of anilines is 1. The highest BCUT2D eigenvalue weighted by Gasteiger charge is 2.49. The van der Waals surface area contributed by atoms with Crippen molar-refractivity contribution in [2.75, 3.05) is 5.73 Å². The maximum absolute atomic E-state index is 13.9. The van der Waals surface area contributed by atoms with Crippen LogP contribution in [0.4, 0.5) is 5.95 Å². The van der Waals surface area contributed by atoms with Gasteiger partial charge in [-0.15, -0.1) is 0 Å². The molecule has 0 bridgehead atoms. The van der Waals surface area contributed by atoms with Gasteiger partial charge in [-0.1, -0.05) is 18.2 Å². The topological polar surface area (TPSA) is 193 Å². The zero-order chi connectivity index (χ0) is 28.5. The van der Waals surface area contributed by atoms with Crippen molar-refractivity contribution >= 4 is 30.8 Å². The van der Waals surface area contributed by atoms with Crippen molar-refractivity contribution in [3.63, 3.8) is 0 Å². The molecule has 14 nitrogen and oxygen atoms in total. The van der Waals surface area contributed by atoms with Gasteiger partial charge in [-0.2, -0.15) is 10.1 Å². The maximum Gasteiger partial charge on any atom is 0.459 e. The number of nitrogens with one attached hydrogen (secondary N) is 1. The Morgan fingerprint density at radius 2 is 1.85 bits per heavy atom. The predicted molar refractivity (Wildman–Crippen MR) is 139 cm³/mol. The van der Waals surface area contributed by atoms with Crippen molar-refractivity contribution in [2.24, 2.45) is 0 Å². The first-order valence-corrected chi connectivity index (χ1v) is 13.9. The Morgan fingerprint density at radius 3 is 2.51 bits per heavy atom. The SMILES string of the molecule is Cc1nc(N)nc2c1ncn2[C@@H]1O[C@H]([C@H](C)OP(=O)(N[C@@H](C)C(=O)OC(C)C)Oc2ccccc2)[C@@H](O)[C@H]1O. The van der Waals surface area contributed by atoms with Crippen LogP contribution in [0.3, 0.4) is 0 Å². The highest BCUT2D eigenvalue weighted by Crippen LogP contribution is 2.48. The number of ether oxygens (including phenoxy) is 2. The van der Waals surface area contributed by atoms with Crippen LogP contribution in [0, 0.1) is 6.92 Å². The molecular formula is C24H33N6O8P. The predicted octanol–water partition coefficient (Wildman–Crippen LogP) is 1.86. The van der Waals surface area contributed by atoms with Crippen LogP contribution < -0.4 is 15.3 Å². The smallest absolute Gasteiger partial charge is 0.459 e. The number of hydrogen-bond donors (Lipinski definition) is 4. The molecule has 5 N–H and O–H groups in total. The second-order valence-corrected chi connectivity index (χ2v) is 11.2. The number of esters is 1. The average molecular weight is 565 g/mol. The molecule has 3 heterocycles. The summed E-state index contributed by atoms with van der Waals surface area (Å²) in [6, 6.07) is 7.18. The molecule has 0 amide bonds. The molecule has 3 aromatic rings. The first kappa shape index (κ1) is 28.9. The van der Waals surface area contributed by atoms with Gasteiger partial charge in [-0.3, -0.25) is 13.9 Å². The van der Waals surface area contributed by atoms with Crippen molar-refractivity contribution in [2.45, 2.75) is 77.4 Å². The highest BCUT2D eigenvalue weighted by molar-refractivity contribution is 7.52. The lowest BCUT2D eigenvalue weighted by Gasteiger charge is -2.28. The van der Waals surface area contributed by atoms with Crippen molar-refractivity contribution in [3.05, 3.63) is 42.4 Å². The zero-order valence-electron chi connectivity index (χ0n) is 22.2. The van der Waals surface area contributed by atoms with E-state index in [1.807, 2.05) is 0 Å². The molecular weight excluding hydrogens is 531 g/mol. The molecule has 4 rings (SSSR count). The molecule has 1 aliphatic rings. The first-order chi connectivity index (χ1) is 18.4. The van der Waals surface area contributed by atoms with E-state index in [9.17, 15) is 19.6 Å². The number of aliphatic hydroxyl groups is 2. The molecule has 15 heteroatoms. The van der Waals surface area contributed by atoms with E-state index in [0.29, 0.717) is 16.9 Å². The number of nitrogens with zero attached hydrogens (tertiary/aromatic N) is 4. The van der Waals surface area contributed by atoms with Gasteiger partial charge in [0.1, 0.15) is 35.6 Å². The minimum Gasteiger partial charge on any atom is -0.462 e. The monoisotopic (exact) mass is 564 g/mol. The molecule has 39 heavy (non-hydrogen) atoms. The minimum absolute atomic E-state index is 0.0122. The number of nitrogens with two attached hydrogens (primary N) is 1. The number of benzene rings is 1. The van der Waals surface area contributed by atoms with E-state index in [4.69, 9.17) is 24.3 Å². The molecule has 0 aliphatic carbocycles. The molecule has 212 valence electrons. The molecule has 7 atom stereocenters. The summed E-state index contributed by atoms with van der Waals surface area (Å²) in [7, 11) is -4.26. The largest absolute Gasteiger partial charge is 0.462 e. The van der Waals surface area contributed by atoms with Gasteiger partial charge in [0.15, 0.2) is 11.9 Å². The second-order valence-electron chi connectivity index (χ2n) is 9.51. The van der Waals surface area contributed by atoms with E-state index in [1.54, 1.807) is 51.1 Å². The van der Waals surface area contributed by atoms with Crippen LogP contribution in [0.2, 0.25) is 0 Å². The summed E-state index contributed by atoms with van der Waals surface area (Å²) in [4.78, 5) is 24.9. The number of fused-ring (bicyclic) bond motifs is 1. The number of imidazole rings is 1. The van der Waals surface area contributed by atoms with Crippen LogP contribution in [0.15, 0.2) is 36.7 Å². The van der Waals surface area contributed by atoms with Crippen LogP contribution in [0.5, 0.6) is 5.75 Å². The molecule has 0 saturated carbocycles. The number of para-hydroxylation sites is 1. The van der Waals surface area contributed by atoms with E-state index in [-0.39, 0.29) is 17.8 Å². The Kier molecular flexibility index (Phi) is 8.54. The number of carbonyl (C=O) groups excluding carboxylic acids is 1. The molecule has 1 aromatic carbocycles. The number of aromatic nitrogens is 4. The standard InChI is InChI=1S/C24H33N6O8P/c1-12(2)35-23(33)14(4)29-39(34,38-16-9-7-6-8-10-16)37-15(5)20-18(31)19(32)22(36-20)30-11-26-17-13(3)27-24(25)28-21(17)30/h6-12,14-15,18-20,22,31-32H,1-5H3,(H,29,34)(H2,25,27,28)/t14-,15-,18-,19+,20+,22+,39?/m0/s1. The van der Waals surface area contributed by atoms with Gasteiger partial charge in [-0.25, -0.2) is 14.5 Å². The van der Waals surface area contributed by atoms with Crippen molar-refractivity contribution in [3.8, 4) is 5.75 Å². The van der Waals surface area contributed by atoms with Crippen LogP contribution in [0.25, 0.3) is 11.2 Å². The van der Waals surface area contributed by atoms with Gasteiger partial charge in [0.25, 0.3) is 0 Å². The number of hydrogen-bond acceptors (Lipinski definition) is 12. The molecule has 0 spiro atoms. The Morgan fingerprint density at radius 1 is 1.15 bits per heavy atom. The number of nitrogen functional groups attached to an aromatic ring is 1. The third-order valence-corrected chi connectivity index (χ3v) is 7.72. The van der Waals surface area contributed by atoms with Crippen LogP contribution in [-0.2, 0) is 23.4 Å². The molecule has 1 aliphatic heterocycles. The van der Waals surface area contributed by atoms with Crippen LogP contribution in [-0.4, -0.2) is 72.3 Å². The summed E-state index contributed by atoms with van der Waals surface area (Å²) in [5, 5.41) is 24.3. The van der Waals surface area contributed by atoms with Crippen molar-refractivity contribution < 1.29 is 38.1 Å². The fraction of sp³-hybridized carbons (Fsp3) is 0.500. The molecule has 0 radical (unpaired) electrons. The normalized spacial score (nSPS) is 24.4. The van der Waals surface area contributed by atoms with Gasteiger partial charge >= 0.3 is 13.7 Å². The van der Waals surface area contributed by atoms with E-state index < -0.39 is 50.4 Å². The number of rotatable bonds is 10. The summed E-state index contributed by atoms with van der Waals surface area (Å²) < 4.78 is 38.0. The van der Waals surface area contributed by atoms with Crippen molar-refractivity contribution in [1.29, 1.82) is 0 Å². The van der Waals surface area contributed by atoms with Crippen LogP contribution in [0.1, 0.15) is 39.6 Å². The lowest BCUT2D eigenvalue weighted by Crippen LogP contribution is -2.41. The van der Waals surface area contributed by atoms with Crippen molar-refractivity contribution in [1.82, 2.24) is 24.6 Å². The fourth-order valence-corrected chi connectivity index (χ4v) is 5.86. The Labute approximate surface area is 225 Å². The van der Waals surface area contributed by atoms with Gasteiger partial charge in [0.2, 0.25) is 5.95 Å². The summed E-state index contributed by atoms with van der Waals surface area (Å²) in [6.45, 7) is 8.05. The second kappa shape index (κ2) is 11.5. The molecule has 1 unspecified atom stereocenters. The quantitative estimate of drug-likeness (QED) is 0.206. The summed E-state index contributed by atoms with van der Waals surface area (Å²) in [6.07, 6.45) is -5.22. The highest BCUT2D eigenvalue weighted by atomic mass is 31.2. The Hall–Kier alpha value is -3.13. The Bertz CT molecular complexity index is 1360. The average Bonchev–Trinajstić information content (AvgIpc) is 3.39. The van der Waals surface area contributed by atoms with E-state index in [2.05, 4.69) is 20.0 Å². The summed E-state index contributed by atoms with van der Waals surface area (Å²) in [5.74, 6) is -0.430. The van der Waals surface area contributed by atoms with E-state index in [0.717, 1.165) is 0 Å². The molecule has 1 saturated heterocycles. The first-order valence-electron chi connectivity index (χ1n) is 12.4. The third-order valence-electron chi connectivity index (χ3n) is 5.96. The summed E-state index contributed by atoms with van der Waals surface area (Å²) in [5.41, 5.74) is 7.08. The van der Waals surface area contributed by atoms with Gasteiger partial charge in [-0.05, 0) is 46.8 Å². The number of aryl methyl sites for hydroxylation is 1. The summed E-state index contributed by atoms with van der Waals surface area (Å²) >= 11 is 0. The maximum atomic E-state index is 13.9. The number of aliphatic hydroxyl groups excluding tert-OH is 2. The Balaban J connectivity index is 1.56. The van der Waals surface area contributed by atoms with Gasteiger partial charge in [0, 0.05) is 0 Å². The zero-order valence-corrected chi connectivity index (χ0v) is 23.1. The minimum atomic E-state index is -4.26. The van der Waals surface area contributed by atoms with E-state index >= 15 is 0 Å². The fourth-order valence-electron chi connectivity index (χ4n) is 4.17. The van der Waals surface area contributed by atoms with Gasteiger partial charge in [0.05, 0.1) is 24.2 Å². The third kappa shape index (κ3) is 6.38. The number of carbonyl (C=O) groups is 1. The molecule has 2 aromatic heterocycles. The van der Waals surface area contributed by atoms with Crippen LogP contribution >= 0.6 is 7.75 Å². The lowest BCUT2D eigenvalue weighted by molar-refractivity contribution is -0.149. The van der Waals surface area contributed by atoms with E-state index in [1.165, 1.54) is 24.7 Å².